The average Bonchev–Trinajstić information content (AvgIpc) is 3.13. The van der Waals surface area contributed by atoms with E-state index in [9.17, 15) is 9.59 Å². The lowest BCUT2D eigenvalue weighted by Gasteiger charge is -2.10. The van der Waals surface area contributed by atoms with Crippen LogP contribution in [0.2, 0.25) is 0 Å². The van der Waals surface area contributed by atoms with Gasteiger partial charge in [-0.3, -0.25) is 10.1 Å². The summed E-state index contributed by atoms with van der Waals surface area (Å²) in [6, 6.07) is 11.1. The lowest BCUT2D eigenvalue weighted by atomic mass is 10.2. The van der Waals surface area contributed by atoms with E-state index >= 15 is 0 Å². The van der Waals surface area contributed by atoms with Crippen molar-refractivity contribution in [3.05, 3.63) is 41.8 Å². The Bertz CT molecular complexity index is 926. The molecule has 134 valence electrons. The lowest BCUT2D eigenvalue weighted by Crippen LogP contribution is -2.43. The summed E-state index contributed by atoms with van der Waals surface area (Å²) in [6.45, 7) is 3.66. The van der Waals surface area contributed by atoms with Gasteiger partial charge in [-0.25, -0.2) is 14.8 Å². The van der Waals surface area contributed by atoms with E-state index in [4.69, 9.17) is 0 Å². The molecule has 3 aromatic rings. The number of para-hydroxylation sites is 1. The molecule has 3 amide bonds. The number of carbonyl (C=O) groups is 2. The molecule has 0 bridgehead atoms. The fourth-order valence-electron chi connectivity index (χ4n) is 2.27. The Morgan fingerprint density at radius 1 is 1.15 bits per heavy atom. The second kappa shape index (κ2) is 8.29. The van der Waals surface area contributed by atoms with E-state index in [1.165, 1.54) is 11.8 Å². The van der Waals surface area contributed by atoms with Gasteiger partial charge in [-0.2, -0.15) is 0 Å². The SMILES string of the molecule is CC(C)NC(=O)NC(=O)CSc1nc(-c2cccs2)nc2ccccc12. The van der Waals surface area contributed by atoms with Crippen molar-refractivity contribution in [1.82, 2.24) is 20.6 Å². The molecule has 3 rings (SSSR count). The first kappa shape index (κ1) is 18.3. The first-order chi connectivity index (χ1) is 12.5. The van der Waals surface area contributed by atoms with Crippen molar-refractivity contribution in [2.75, 3.05) is 5.75 Å². The van der Waals surface area contributed by atoms with Crippen LogP contribution in [0.4, 0.5) is 4.79 Å². The molecule has 2 N–H and O–H groups in total. The molecule has 2 heterocycles. The summed E-state index contributed by atoms with van der Waals surface area (Å²) in [7, 11) is 0. The number of imide groups is 1. The smallest absolute Gasteiger partial charge is 0.321 e. The molecule has 2 aromatic heterocycles. The molecular formula is C18H18N4O2S2. The summed E-state index contributed by atoms with van der Waals surface area (Å²) in [5.41, 5.74) is 0.825. The molecule has 6 nitrogen and oxygen atoms in total. The van der Waals surface area contributed by atoms with Crippen LogP contribution >= 0.6 is 23.1 Å². The van der Waals surface area contributed by atoms with Gasteiger partial charge in [0.25, 0.3) is 0 Å². The van der Waals surface area contributed by atoms with Gasteiger partial charge in [0.05, 0.1) is 16.1 Å². The zero-order valence-corrected chi connectivity index (χ0v) is 16.0. The number of nitrogens with one attached hydrogen (secondary N) is 2. The first-order valence-electron chi connectivity index (χ1n) is 8.06. The molecule has 0 aliphatic carbocycles. The summed E-state index contributed by atoms with van der Waals surface area (Å²) < 4.78 is 0. The average molecular weight is 387 g/mol. The van der Waals surface area contributed by atoms with Crippen LogP contribution in [0.15, 0.2) is 46.8 Å². The molecule has 0 aliphatic rings. The molecule has 0 fully saturated rings. The Labute approximate surface area is 159 Å². The number of hydrogen-bond donors (Lipinski definition) is 2. The normalized spacial score (nSPS) is 10.9. The van der Waals surface area contributed by atoms with E-state index in [1.54, 1.807) is 11.3 Å². The Balaban J connectivity index is 1.78. The zero-order valence-electron chi connectivity index (χ0n) is 14.4. The largest absolute Gasteiger partial charge is 0.336 e. The van der Waals surface area contributed by atoms with E-state index in [-0.39, 0.29) is 17.7 Å². The monoisotopic (exact) mass is 386 g/mol. The molecule has 8 heteroatoms. The number of rotatable bonds is 5. The third-order valence-electron chi connectivity index (χ3n) is 3.32. The maximum atomic E-state index is 12.0. The third-order valence-corrected chi connectivity index (χ3v) is 5.18. The predicted molar refractivity (Wildman–Crippen MR) is 105 cm³/mol. The second-order valence-electron chi connectivity index (χ2n) is 5.81. The predicted octanol–water partition coefficient (Wildman–Crippen LogP) is 3.68. The van der Waals surface area contributed by atoms with Crippen LogP contribution in [-0.2, 0) is 4.79 Å². The Morgan fingerprint density at radius 3 is 2.69 bits per heavy atom. The van der Waals surface area contributed by atoms with Crippen molar-refractivity contribution >= 4 is 45.9 Å². The Morgan fingerprint density at radius 2 is 1.96 bits per heavy atom. The van der Waals surface area contributed by atoms with Crippen LogP contribution in [0.1, 0.15) is 13.8 Å². The van der Waals surface area contributed by atoms with E-state index < -0.39 is 6.03 Å². The number of urea groups is 1. The zero-order chi connectivity index (χ0) is 18.5. The highest BCUT2D eigenvalue weighted by molar-refractivity contribution is 8.00. The molecule has 0 radical (unpaired) electrons. The van der Waals surface area contributed by atoms with Crippen LogP contribution in [0.25, 0.3) is 21.6 Å². The second-order valence-corrected chi connectivity index (χ2v) is 7.72. The van der Waals surface area contributed by atoms with Crippen molar-refractivity contribution in [2.24, 2.45) is 0 Å². The molecule has 0 unspecified atom stereocenters. The van der Waals surface area contributed by atoms with E-state index in [0.717, 1.165) is 20.8 Å². The molecular weight excluding hydrogens is 368 g/mol. The van der Waals surface area contributed by atoms with Gasteiger partial charge in [-0.05, 0) is 31.4 Å². The summed E-state index contributed by atoms with van der Waals surface area (Å²) in [5, 5.41) is 8.53. The highest BCUT2D eigenvalue weighted by atomic mass is 32.2. The lowest BCUT2D eigenvalue weighted by molar-refractivity contribution is -0.117. The fraction of sp³-hybridized carbons (Fsp3) is 0.222. The van der Waals surface area contributed by atoms with Crippen LogP contribution in [0.3, 0.4) is 0 Å². The summed E-state index contributed by atoms with van der Waals surface area (Å²) in [6.07, 6.45) is 0. The highest BCUT2D eigenvalue weighted by Gasteiger charge is 2.14. The standard InChI is InChI=1S/C18H18N4O2S2/c1-11(2)19-18(24)21-15(23)10-26-17-12-6-3-4-7-13(12)20-16(22-17)14-8-5-9-25-14/h3-9,11H,10H2,1-2H3,(H2,19,21,23,24). The Hall–Kier alpha value is -2.45. The minimum Gasteiger partial charge on any atom is -0.336 e. The molecule has 26 heavy (non-hydrogen) atoms. The maximum absolute atomic E-state index is 12.0. The van der Waals surface area contributed by atoms with Crippen molar-refractivity contribution in [3.8, 4) is 10.7 Å². The molecule has 0 saturated carbocycles. The van der Waals surface area contributed by atoms with Gasteiger partial charge in [0.2, 0.25) is 5.91 Å². The van der Waals surface area contributed by atoms with Crippen LogP contribution in [0.5, 0.6) is 0 Å². The van der Waals surface area contributed by atoms with Gasteiger partial charge in [0.1, 0.15) is 5.03 Å². The number of carbonyl (C=O) groups excluding carboxylic acids is 2. The van der Waals surface area contributed by atoms with Gasteiger partial charge in [0.15, 0.2) is 5.82 Å². The van der Waals surface area contributed by atoms with E-state index in [0.29, 0.717) is 5.82 Å². The highest BCUT2D eigenvalue weighted by Crippen LogP contribution is 2.29. The number of fused-ring (bicyclic) bond motifs is 1. The van der Waals surface area contributed by atoms with Gasteiger partial charge < -0.3 is 5.32 Å². The number of amides is 3. The molecule has 0 saturated heterocycles. The van der Waals surface area contributed by atoms with Crippen LogP contribution in [-0.4, -0.2) is 33.7 Å². The molecule has 1 aromatic carbocycles. The number of thioether (sulfide) groups is 1. The fourth-order valence-corrected chi connectivity index (χ4v) is 3.75. The van der Waals surface area contributed by atoms with Crippen molar-refractivity contribution in [1.29, 1.82) is 0 Å². The van der Waals surface area contributed by atoms with Crippen molar-refractivity contribution < 1.29 is 9.59 Å². The van der Waals surface area contributed by atoms with E-state index in [2.05, 4.69) is 20.6 Å². The summed E-state index contributed by atoms with van der Waals surface area (Å²) in [5.74, 6) is 0.365. The number of thiophene rings is 1. The quantitative estimate of drug-likeness (QED) is 0.516. The first-order valence-corrected chi connectivity index (χ1v) is 9.93. The van der Waals surface area contributed by atoms with Crippen molar-refractivity contribution in [2.45, 2.75) is 24.9 Å². The summed E-state index contributed by atoms with van der Waals surface area (Å²) >= 11 is 2.86. The molecule has 0 spiro atoms. The Kier molecular flexibility index (Phi) is 5.85. The maximum Gasteiger partial charge on any atom is 0.321 e. The van der Waals surface area contributed by atoms with Crippen molar-refractivity contribution in [3.63, 3.8) is 0 Å². The molecule has 0 aliphatic heterocycles. The number of hydrogen-bond acceptors (Lipinski definition) is 6. The number of benzene rings is 1. The minimum atomic E-state index is -0.488. The number of nitrogens with zero attached hydrogens (tertiary/aromatic N) is 2. The summed E-state index contributed by atoms with van der Waals surface area (Å²) in [4.78, 5) is 33.8. The number of aromatic nitrogens is 2. The molecule has 0 atom stereocenters. The van der Waals surface area contributed by atoms with E-state index in [1.807, 2.05) is 55.6 Å². The van der Waals surface area contributed by atoms with Gasteiger partial charge in [-0.1, -0.05) is 36.0 Å². The topological polar surface area (TPSA) is 84.0 Å². The minimum absolute atomic E-state index is 0.0328. The van der Waals surface area contributed by atoms with Gasteiger partial charge in [-0.15, -0.1) is 11.3 Å². The van der Waals surface area contributed by atoms with Crippen LogP contribution < -0.4 is 10.6 Å². The van der Waals surface area contributed by atoms with Gasteiger partial charge >= 0.3 is 6.03 Å². The third kappa shape index (κ3) is 4.59. The van der Waals surface area contributed by atoms with Gasteiger partial charge in [0, 0.05) is 11.4 Å². The van der Waals surface area contributed by atoms with Crippen LogP contribution in [0, 0.1) is 0 Å².